The molecule has 4 rings (SSSR count). The molecule has 1 saturated heterocycles. The third-order valence-corrected chi connectivity index (χ3v) is 7.01. The van der Waals surface area contributed by atoms with Crippen molar-refractivity contribution in [2.45, 2.75) is 32.9 Å². The lowest BCUT2D eigenvalue weighted by Crippen LogP contribution is -2.53. The molecule has 1 aliphatic rings. The van der Waals surface area contributed by atoms with Crippen LogP contribution in [0.5, 0.6) is 11.5 Å². The van der Waals surface area contributed by atoms with Gasteiger partial charge in [-0.3, -0.25) is 4.79 Å². The maximum Gasteiger partial charge on any atom is 0.318 e. The molecule has 2 aromatic carbocycles. The topological polar surface area (TPSA) is 100 Å². The molecule has 2 heterocycles. The van der Waals surface area contributed by atoms with Crippen LogP contribution >= 0.6 is 0 Å². The van der Waals surface area contributed by atoms with E-state index in [0.717, 1.165) is 22.6 Å². The van der Waals surface area contributed by atoms with Crippen LogP contribution in [0.1, 0.15) is 32.4 Å². The number of urea groups is 1. The van der Waals surface area contributed by atoms with Crippen LogP contribution in [0.3, 0.4) is 0 Å². The number of hydrogen-bond donors (Lipinski definition) is 1. The first-order valence-corrected chi connectivity index (χ1v) is 13.5. The van der Waals surface area contributed by atoms with Crippen molar-refractivity contribution >= 4 is 17.8 Å². The van der Waals surface area contributed by atoms with Gasteiger partial charge in [-0.1, -0.05) is 30.3 Å². The van der Waals surface area contributed by atoms with Crippen molar-refractivity contribution in [3.8, 4) is 22.8 Å². The number of carbonyl (C=O) groups is 2. The first-order chi connectivity index (χ1) is 19.3. The summed E-state index contributed by atoms with van der Waals surface area (Å²) in [4.78, 5) is 31.9. The molecule has 212 valence electrons. The summed E-state index contributed by atoms with van der Waals surface area (Å²) >= 11 is 0. The first kappa shape index (κ1) is 28.7. The predicted octanol–water partition coefficient (Wildman–Crippen LogP) is 3.99. The summed E-state index contributed by atoms with van der Waals surface area (Å²) in [6.45, 7) is 8.11. The van der Waals surface area contributed by atoms with Gasteiger partial charge in [-0.05, 0) is 56.7 Å². The van der Waals surface area contributed by atoms with Gasteiger partial charge in [0.1, 0.15) is 6.54 Å². The average molecular weight is 547 g/mol. The minimum atomic E-state index is -0.247. The van der Waals surface area contributed by atoms with Gasteiger partial charge in [-0.25, -0.2) is 4.79 Å². The molecule has 40 heavy (non-hydrogen) atoms. The van der Waals surface area contributed by atoms with Crippen molar-refractivity contribution in [1.82, 2.24) is 25.3 Å². The molecule has 0 bridgehead atoms. The molecule has 0 saturated carbocycles. The van der Waals surface area contributed by atoms with Crippen LogP contribution in [0.15, 0.2) is 60.7 Å². The number of amides is 3. The number of ether oxygens (including phenoxy) is 2. The molecule has 1 fully saturated rings. The molecule has 10 heteroatoms. The molecule has 3 amide bonds. The summed E-state index contributed by atoms with van der Waals surface area (Å²) in [7, 11) is 3.20. The van der Waals surface area contributed by atoms with E-state index >= 15 is 0 Å². The monoisotopic (exact) mass is 546 g/mol. The van der Waals surface area contributed by atoms with Gasteiger partial charge in [0.25, 0.3) is 0 Å². The average Bonchev–Trinajstić information content (AvgIpc) is 2.99. The van der Waals surface area contributed by atoms with E-state index in [9.17, 15) is 9.59 Å². The number of anilines is 1. The van der Waals surface area contributed by atoms with Gasteiger partial charge in [0.05, 0.1) is 26.0 Å². The molecule has 3 aromatic rings. The summed E-state index contributed by atoms with van der Waals surface area (Å²) in [5.41, 5.74) is 2.59. The summed E-state index contributed by atoms with van der Waals surface area (Å²) in [5, 5.41) is 11.8. The van der Waals surface area contributed by atoms with Crippen LogP contribution in [0, 0.1) is 0 Å². The molecule has 10 nitrogen and oxygen atoms in total. The van der Waals surface area contributed by atoms with Gasteiger partial charge >= 0.3 is 6.03 Å². The number of benzene rings is 2. The van der Waals surface area contributed by atoms with Gasteiger partial charge in [0.2, 0.25) is 5.91 Å². The van der Waals surface area contributed by atoms with Crippen LogP contribution in [-0.4, -0.2) is 84.9 Å². The smallest absolute Gasteiger partial charge is 0.318 e. The number of piperazine rings is 1. The fourth-order valence-corrected chi connectivity index (χ4v) is 4.70. The summed E-state index contributed by atoms with van der Waals surface area (Å²) in [5.74, 6) is 1.97. The Morgan fingerprint density at radius 2 is 1.60 bits per heavy atom. The van der Waals surface area contributed by atoms with Crippen molar-refractivity contribution < 1.29 is 19.1 Å². The highest BCUT2D eigenvalue weighted by Crippen LogP contribution is 2.31. The number of carbonyl (C=O) groups excluding carboxylic acids is 2. The van der Waals surface area contributed by atoms with E-state index in [1.165, 1.54) is 0 Å². The lowest BCUT2D eigenvalue weighted by Gasteiger charge is -2.37. The Labute approximate surface area is 235 Å². The number of methoxy groups -OCH3 is 2. The second kappa shape index (κ2) is 13.1. The van der Waals surface area contributed by atoms with Crippen molar-refractivity contribution in [2.24, 2.45) is 0 Å². The molecule has 1 aliphatic heterocycles. The zero-order valence-electron chi connectivity index (χ0n) is 23.8. The molecule has 1 unspecified atom stereocenters. The Balaban J connectivity index is 1.38. The number of nitrogens with zero attached hydrogens (tertiary/aromatic N) is 5. The van der Waals surface area contributed by atoms with Gasteiger partial charge < -0.3 is 29.5 Å². The Morgan fingerprint density at radius 3 is 2.20 bits per heavy atom. The largest absolute Gasteiger partial charge is 0.493 e. The molecule has 0 radical (unpaired) electrons. The van der Waals surface area contributed by atoms with E-state index in [0.29, 0.717) is 37.7 Å². The van der Waals surface area contributed by atoms with Crippen LogP contribution in [0.2, 0.25) is 0 Å². The van der Waals surface area contributed by atoms with Crippen molar-refractivity contribution in [2.75, 3.05) is 51.8 Å². The standard InChI is InChI=1S/C30H38N6O4/c1-21(2)31-30(38)36(22(3)23-9-7-6-8-10-23)20-29(37)35-17-15-34(16-18-35)28-14-12-25(32-33-28)24-11-13-26(39-4)27(19-24)40-5/h6-14,19,21-22H,15-18,20H2,1-5H3,(H,31,38). The maximum atomic E-state index is 13.3. The Kier molecular flexibility index (Phi) is 9.42. The van der Waals surface area contributed by atoms with Crippen LogP contribution in [0.4, 0.5) is 10.6 Å². The van der Waals surface area contributed by atoms with E-state index in [-0.39, 0.29) is 30.6 Å². The molecule has 1 atom stereocenters. The molecular formula is C30H38N6O4. The third-order valence-electron chi connectivity index (χ3n) is 7.01. The van der Waals surface area contributed by atoms with Gasteiger partial charge in [0, 0.05) is 37.8 Å². The zero-order valence-corrected chi connectivity index (χ0v) is 23.8. The Morgan fingerprint density at radius 1 is 0.900 bits per heavy atom. The minimum absolute atomic E-state index is 0.00837. The second-order valence-corrected chi connectivity index (χ2v) is 10.0. The lowest BCUT2D eigenvalue weighted by atomic mass is 10.1. The number of hydrogen-bond acceptors (Lipinski definition) is 7. The van der Waals surface area contributed by atoms with Crippen molar-refractivity contribution in [1.29, 1.82) is 0 Å². The minimum Gasteiger partial charge on any atom is -0.493 e. The Hall–Kier alpha value is -4.34. The quantitative estimate of drug-likeness (QED) is 0.433. The second-order valence-electron chi connectivity index (χ2n) is 10.0. The number of rotatable bonds is 9. The van der Waals surface area contributed by atoms with Crippen LogP contribution < -0.4 is 19.7 Å². The summed E-state index contributed by atoms with van der Waals surface area (Å²) in [6.07, 6.45) is 0. The van der Waals surface area contributed by atoms with Gasteiger partial charge in [0.15, 0.2) is 17.3 Å². The predicted molar refractivity (Wildman–Crippen MR) is 155 cm³/mol. The molecule has 1 aromatic heterocycles. The maximum absolute atomic E-state index is 13.3. The van der Waals surface area contributed by atoms with Crippen molar-refractivity contribution in [3.05, 3.63) is 66.2 Å². The van der Waals surface area contributed by atoms with E-state index in [1.54, 1.807) is 19.1 Å². The highest BCUT2D eigenvalue weighted by molar-refractivity contribution is 5.84. The van der Waals surface area contributed by atoms with Crippen LogP contribution in [0.25, 0.3) is 11.3 Å². The first-order valence-electron chi connectivity index (χ1n) is 13.5. The number of aromatic nitrogens is 2. The van der Waals surface area contributed by atoms with Gasteiger partial charge in [-0.15, -0.1) is 10.2 Å². The lowest BCUT2D eigenvalue weighted by molar-refractivity contribution is -0.132. The summed E-state index contributed by atoms with van der Waals surface area (Å²) < 4.78 is 10.7. The summed E-state index contributed by atoms with van der Waals surface area (Å²) in [6, 6.07) is 18.7. The number of nitrogens with one attached hydrogen (secondary N) is 1. The van der Waals surface area contributed by atoms with Gasteiger partial charge in [-0.2, -0.15) is 0 Å². The fourth-order valence-electron chi connectivity index (χ4n) is 4.70. The van der Waals surface area contributed by atoms with Crippen LogP contribution in [-0.2, 0) is 4.79 Å². The molecule has 1 N–H and O–H groups in total. The van der Waals surface area contributed by atoms with Crippen molar-refractivity contribution in [3.63, 3.8) is 0 Å². The van der Waals surface area contributed by atoms with E-state index in [2.05, 4.69) is 20.4 Å². The molecule has 0 spiro atoms. The zero-order chi connectivity index (χ0) is 28.6. The fraction of sp³-hybridized carbons (Fsp3) is 0.400. The van der Waals surface area contributed by atoms with E-state index in [4.69, 9.17) is 9.47 Å². The highest BCUT2D eigenvalue weighted by Gasteiger charge is 2.29. The third kappa shape index (κ3) is 6.80. The van der Waals surface area contributed by atoms with E-state index in [1.807, 2.05) is 86.3 Å². The SMILES string of the molecule is COc1ccc(-c2ccc(N3CCN(C(=O)CN(C(=O)NC(C)C)C(C)c4ccccc4)CC3)nn2)cc1OC. The molecular weight excluding hydrogens is 508 g/mol. The molecule has 0 aliphatic carbocycles. The highest BCUT2D eigenvalue weighted by atomic mass is 16.5. The van der Waals surface area contributed by atoms with E-state index < -0.39 is 0 Å². The Bertz CT molecular complexity index is 1280. The normalized spacial score (nSPS) is 14.1.